The first-order chi connectivity index (χ1) is 14.6. The van der Waals surface area contributed by atoms with E-state index in [1.54, 1.807) is 18.3 Å². The molecule has 7 nitrogen and oxygen atoms in total. The number of pyridine rings is 1. The van der Waals surface area contributed by atoms with Gasteiger partial charge in [0.05, 0.1) is 0 Å². The van der Waals surface area contributed by atoms with Crippen LogP contribution in [-0.4, -0.2) is 54.4 Å². The minimum absolute atomic E-state index is 0.0867. The van der Waals surface area contributed by atoms with Crippen molar-refractivity contribution in [2.45, 2.75) is 32.8 Å². The average molecular weight is 411 g/mol. The first-order valence-corrected chi connectivity index (χ1v) is 10.6. The highest BCUT2D eigenvalue weighted by atomic mass is 16.5. The van der Waals surface area contributed by atoms with Crippen molar-refractivity contribution in [1.82, 2.24) is 15.2 Å². The summed E-state index contributed by atoms with van der Waals surface area (Å²) in [5, 5.41) is 2.93. The quantitative estimate of drug-likeness (QED) is 0.652. The number of unbranched alkanes of at least 4 members (excludes halogenated alkanes) is 1. The van der Waals surface area contributed by atoms with Gasteiger partial charge in [0.15, 0.2) is 11.6 Å². The molecular formula is C23H30N4O3. The second-order valence-electron chi connectivity index (χ2n) is 7.30. The fourth-order valence-electron chi connectivity index (χ4n) is 3.45. The monoisotopic (exact) mass is 410 g/mol. The number of anilines is 1. The van der Waals surface area contributed by atoms with Crippen molar-refractivity contribution in [3.8, 4) is 5.75 Å². The van der Waals surface area contributed by atoms with Crippen LogP contribution in [0.1, 0.15) is 38.4 Å². The number of hydrogen-bond donors (Lipinski definition) is 1. The summed E-state index contributed by atoms with van der Waals surface area (Å²) in [6.45, 7) is 7.53. The summed E-state index contributed by atoms with van der Waals surface area (Å²) in [5.74, 6) is 0.374. The average Bonchev–Trinajstić information content (AvgIpc) is 2.78. The molecule has 1 N–H and O–H groups in total. The Labute approximate surface area is 178 Å². The van der Waals surface area contributed by atoms with E-state index in [-0.39, 0.29) is 18.4 Å². The zero-order chi connectivity index (χ0) is 21.3. The summed E-state index contributed by atoms with van der Waals surface area (Å²) in [6.07, 6.45) is 3.10. The van der Waals surface area contributed by atoms with Crippen molar-refractivity contribution in [2.75, 3.05) is 37.6 Å². The molecule has 7 heteroatoms. The van der Waals surface area contributed by atoms with Crippen molar-refractivity contribution < 1.29 is 14.3 Å². The standard InChI is InChI=1S/C23H30N4O3/c1-3-5-15-26(4-2)16-14-24-20(28)17-27-22-19(12-9-13-25-22)30-21(23(27)29)18-10-7-6-8-11-18/h6-13,21H,3-5,14-17H2,1-2H3,(H,24,28). The van der Waals surface area contributed by atoms with E-state index in [2.05, 4.69) is 29.0 Å². The maximum atomic E-state index is 13.1. The normalized spacial score (nSPS) is 15.6. The molecule has 2 heterocycles. The number of carbonyl (C=O) groups is 2. The van der Waals surface area contributed by atoms with Crippen molar-refractivity contribution >= 4 is 17.6 Å². The summed E-state index contributed by atoms with van der Waals surface area (Å²) < 4.78 is 5.91. The Morgan fingerprint density at radius 1 is 1.17 bits per heavy atom. The largest absolute Gasteiger partial charge is 0.472 e. The predicted molar refractivity (Wildman–Crippen MR) is 116 cm³/mol. The predicted octanol–water partition coefficient (Wildman–Crippen LogP) is 2.79. The van der Waals surface area contributed by atoms with Gasteiger partial charge in [-0.2, -0.15) is 0 Å². The first-order valence-electron chi connectivity index (χ1n) is 10.6. The van der Waals surface area contributed by atoms with E-state index >= 15 is 0 Å². The van der Waals surface area contributed by atoms with Gasteiger partial charge in [-0.1, -0.05) is 50.6 Å². The SMILES string of the molecule is CCCCN(CC)CCNC(=O)CN1C(=O)C(c2ccccc2)Oc2cccnc21. The molecule has 0 saturated heterocycles. The topological polar surface area (TPSA) is 74.8 Å². The fraction of sp³-hybridized carbons (Fsp3) is 0.435. The van der Waals surface area contributed by atoms with E-state index in [0.29, 0.717) is 18.1 Å². The zero-order valence-electron chi connectivity index (χ0n) is 17.7. The molecule has 0 radical (unpaired) electrons. The maximum absolute atomic E-state index is 13.1. The van der Waals surface area contributed by atoms with Crippen LogP contribution in [0.3, 0.4) is 0 Å². The van der Waals surface area contributed by atoms with Gasteiger partial charge in [-0.25, -0.2) is 4.98 Å². The number of carbonyl (C=O) groups excluding carboxylic acids is 2. The molecule has 2 amide bonds. The summed E-state index contributed by atoms with van der Waals surface area (Å²) in [5.41, 5.74) is 0.747. The summed E-state index contributed by atoms with van der Waals surface area (Å²) in [6, 6.07) is 12.8. The number of hydrogen-bond acceptors (Lipinski definition) is 5. The van der Waals surface area contributed by atoms with Crippen molar-refractivity contribution in [3.63, 3.8) is 0 Å². The van der Waals surface area contributed by atoms with Gasteiger partial charge < -0.3 is 15.0 Å². The lowest BCUT2D eigenvalue weighted by molar-refractivity contribution is -0.129. The Kier molecular flexibility index (Phi) is 7.79. The minimum atomic E-state index is -0.791. The van der Waals surface area contributed by atoms with Crippen LogP contribution >= 0.6 is 0 Å². The molecule has 0 aliphatic carbocycles. The van der Waals surface area contributed by atoms with Crippen LogP contribution in [0.2, 0.25) is 0 Å². The Morgan fingerprint density at radius 2 is 1.97 bits per heavy atom. The number of ether oxygens (including phenoxy) is 1. The number of likely N-dealkylation sites (N-methyl/N-ethyl adjacent to an activating group) is 1. The highest BCUT2D eigenvalue weighted by Crippen LogP contribution is 2.36. The lowest BCUT2D eigenvalue weighted by Gasteiger charge is -2.33. The smallest absolute Gasteiger partial charge is 0.274 e. The summed E-state index contributed by atoms with van der Waals surface area (Å²) in [7, 11) is 0. The van der Waals surface area contributed by atoms with Gasteiger partial charge in [0, 0.05) is 24.8 Å². The van der Waals surface area contributed by atoms with Gasteiger partial charge in [-0.3, -0.25) is 14.5 Å². The molecule has 2 aromatic rings. The molecule has 1 aliphatic rings. The first kappa shape index (κ1) is 21.8. The molecule has 1 atom stereocenters. The van der Waals surface area contributed by atoms with E-state index in [9.17, 15) is 9.59 Å². The third kappa shape index (κ3) is 5.36. The van der Waals surface area contributed by atoms with Crippen LogP contribution in [0.4, 0.5) is 5.82 Å². The Morgan fingerprint density at radius 3 is 2.70 bits per heavy atom. The number of aromatic nitrogens is 1. The number of nitrogens with zero attached hydrogens (tertiary/aromatic N) is 3. The molecule has 3 rings (SSSR count). The van der Waals surface area contributed by atoms with Crippen LogP contribution in [0, 0.1) is 0 Å². The van der Waals surface area contributed by atoms with Crippen LogP contribution in [-0.2, 0) is 9.59 Å². The molecule has 30 heavy (non-hydrogen) atoms. The third-order valence-electron chi connectivity index (χ3n) is 5.17. The number of fused-ring (bicyclic) bond motifs is 1. The molecule has 0 fully saturated rings. The number of benzene rings is 1. The molecular weight excluding hydrogens is 380 g/mol. The maximum Gasteiger partial charge on any atom is 0.274 e. The molecule has 1 aliphatic heterocycles. The number of amides is 2. The molecule has 0 bridgehead atoms. The molecule has 1 unspecified atom stereocenters. The van der Waals surface area contributed by atoms with E-state index in [1.807, 2.05) is 30.3 Å². The van der Waals surface area contributed by atoms with Crippen molar-refractivity contribution in [2.24, 2.45) is 0 Å². The minimum Gasteiger partial charge on any atom is -0.472 e. The van der Waals surface area contributed by atoms with Crippen molar-refractivity contribution in [3.05, 3.63) is 54.2 Å². The lowest BCUT2D eigenvalue weighted by atomic mass is 10.1. The van der Waals surface area contributed by atoms with Crippen LogP contribution in [0.25, 0.3) is 0 Å². The summed E-state index contributed by atoms with van der Waals surface area (Å²) >= 11 is 0. The second-order valence-corrected chi connectivity index (χ2v) is 7.30. The van der Waals surface area contributed by atoms with Crippen LogP contribution in [0.15, 0.2) is 48.7 Å². The molecule has 1 aromatic carbocycles. The molecule has 0 spiro atoms. The summed E-state index contributed by atoms with van der Waals surface area (Å²) in [4.78, 5) is 33.8. The van der Waals surface area contributed by atoms with E-state index < -0.39 is 6.10 Å². The van der Waals surface area contributed by atoms with Gasteiger partial charge in [0.2, 0.25) is 12.0 Å². The van der Waals surface area contributed by atoms with Gasteiger partial charge in [0.1, 0.15) is 6.54 Å². The Balaban J connectivity index is 1.66. The van der Waals surface area contributed by atoms with Gasteiger partial charge in [-0.15, -0.1) is 0 Å². The van der Waals surface area contributed by atoms with Gasteiger partial charge in [0.25, 0.3) is 5.91 Å². The number of nitrogens with one attached hydrogen (secondary N) is 1. The van der Waals surface area contributed by atoms with Crippen molar-refractivity contribution in [1.29, 1.82) is 0 Å². The van der Waals surface area contributed by atoms with E-state index in [1.165, 1.54) is 4.90 Å². The Bertz CT molecular complexity index is 843. The molecule has 1 aromatic heterocycles. The zero-order valence-corrected chi connectivity index (χ0v) is 17.7. The van der Waals surface area contributed by atoms with Crippen LogP contribution in [0.5, 0.6) is 5.75 Å². The van der Waals surface area contributed by atoms with E-state index in [4.69, 9.17) is 4.74 Å². The molecule has 0 saturated carbocycles. The number of rotatable bonds is 10. The highest BCUT2D eigenvalue weighted by molar-refractivity contribution is 6.03. The van der Waals surface area contributed by atoms with Gasteiger partial charge in [-0.05, 0) is 31.6 Å². The van der Waals surface area contributed by atoms with Crippen LogP contribution < -0.4 is 15.0 Å². The van der Waals surface area contributed by atoms with E-state index in [0.717, 1.165) is 38.0 Å². The van der Waals surface area contributed by atoms with Gasteiger partial charge >= 0.3 is 0 Å². The fourth-order valence-corrected chi connectivity index (χ4v) is 3.45. The molecule has 160 valence electrons. The highest BCUT2D eigenvalue weighted by Gasteiger charge is 2.37. The lowest BCUT2D eigenvalue weighted by Crippen LogP contribution is -2.47. The second kappa shape index (κ2) is 10.7. The third-order valence-corrected chi connectivity index (χ3v) is 5.17. The Hall–Kier alpha value is -2.93.